The number of halogens is 1. The second-order valence-corrected chi connectivity index (χ2v) is 7.32. The number of methoxy groups -OCH3 is 1. The van der Waals surface area contributed by atoms with Crippen LogP contribution in [-0.2, 0) is 9.53 Å². The molecule has 0 aromatic heterocycles. The van der Waals surface area contributed by atoms with Gasteiger partial charge in [-0.3, -0.25) is 9.59 Å². The van der Waals surface area contributed by atoms with Gasteiger partial charge in [0.25, 0.3) is 5.91 Å². The van der Waals surface area contributed by atoms with Crippen molar-refractivity contribution in [1.29, 1.82) is 0 Å². The van der Waals surface area contributed by atoms with Crippen LogP contribution in [0.3, 0.4) is 0 Å². The van der Waals surface area contributed by atoms with E-state index >= 15 is 0 Å². The minimum atomic E-state index is -0.341. The Bertz CT molecular complexity index is 565. The molecule has 1 aromatic carbocycles. The first-order valence-electron chi connectivity index (χ1n) is 9.17. The van der Waals surface area contributed by atoms with Crippen molar-refractivity contribution in [2.45, 2.75) is 57.9 Å². The number of hydrogen-bond donors (Lipinski definition) is 0. The summed E-state index contributed by atoms with van der Waals surface area (Å²) in [5.41, 5.74) is 0.614. The number of nitrogens with zero attached hydrogens (tertiary/aromatic N) is 1. The van der Waals surface area contributed by atoms with E-state index in [0.29, 0.717) is 17.1 Å². The summed E-state index contributed by atoms with van der Waals surface area (Å²) in [4.78, 5) is 26.9. The van der Waals surface area contributed by atoms with Crippen molar-refractivity contribution >= 4 is 23.5 Å². The third-order valence-corrected chi connectivity index (χ3v) is 5.19. The number of rotatable bonds is 5. The first-order chi connectivity index (χ1) is 12.0. The molecule has 1 unspecified atom stereocenters. The molecule has 1 atom stereocenters. The predicted molar refractivity (Wildman–Crippen MR) is 99.8 cm³/mol. The molecule has 0 saturated heterocycles. The molecule has 25 heavy (non-hydrogen) atoms. The summed E-state index contributed by atoms with van der Waals surface area (Å²) in [6.45, 7) is 2.20. The lowest BCUT2D eigenvalue weighted by atomic mass is 9.94. The van der Waals surface area contributed by atoms with Crippen LogP contribution < -0.4 is 0 Å². The molecule has 2 rings (SSSR count). The molecule has 5 heteroatoms. The summed E-state index contributed by atoms with van der Waals surface area (Å²) in [5, 5.41) is 0.608. The molecule has 1 aromatic rings. The number of hydrogen-bond acceptors (Lipinski definition) is 3. The molecule has 138 valence electrons. The van der Waals surface area contributed by atoms with Gasteiger partial charge in [-0.2, -0.15) is 0 Å². The topological polar surface area (TPSA) is 46.6 Å². The number of carbonyl (C=O) groups is 2. The smallest absolute Gasteiger partial charge is 0.310 e. The van der Waals surface area contributed by atoms with Gasteiger partial charge in [-0.15, -0.1) is 0 Å². The van der Waals surface area contributed by atoms with E-state index in [1.54, 1.807) is 24.3 Å². The highest BCUT2D eigenvalue weighted by atomic mass is 35.5. The Hall–Kier alpha value is -1.55. The molecule has 0 radical (unpaired) electrons. The van der Waals surface area contributed by atoms with Crippen molar-refractivity contribution in [2.75, 3.05) is 13.7 Å². The fourth-order valence-corrected chi connectivity index (χ4v) is 3.60. The molecule has 1 fully saturated rings. The van der Waals surface area contributed by atoms with Gasteiger partial charge in [0.05, 0.1) is 13.0 Å². The third kappa shape index (κ3) is 5.74. The van der Waals surface area contributed by atoms with Crippen molar-refractivity contribution in [1.82, 2.24) is 4.90 Å². The zero-order valence-electron chi connectivity index (χ0n) is 15.2. The second-order valence-electron chi connectivity index (χ2n) is 6.89. The number of benzene rings is 1. The van der Waals surface area contributed by atoms with Crippen LogP contribution in [0.25, 0.3) is 0 Å². The van der Waals surface area contributed by atoms with Gasteiger partial charge in [0.2, 0.25) is 0 Å². The lowest BCUT2D eigenvalue weighted by Gasteiger charge is -2.34. The fraction of sp³-hybridized carbons (Fsp3) is 0.600. The first kappa shape index (κ1) is 19.8. The number of esters is 1. The van der Waals surface area contributed by atoms with E-state index in [0.717, 1.165) is 25.7 Å². The van der Waals surface area contributed by atoms with Gasteiger partial charge in [0.15, 0.2) is 0 Å². The maximum Gasteiger partial charge on any atom is 0.310 e. The molecular weight excluding hydrogens is 338 g/mol. The van der Waals surface area contributed by atoms with E-state index in [1.165, 1.54) is 26.4 Å². The van der Waals surface area contributed by atoms with Gasteiger partial charge in [-0.25, -0.2) is 0 Å². The summed E-state index contributed by atoms with van der Waals surface area (Å²) in [5.74, 6) is -0.649. The maximum atomic E-state index is 13.1. The lowest BCUT2D eigenvalue weighted by Crippen LogP contribution is -2.44. The monoisotopic (exact) mass is 365 g/mol. The predicted octanol–water partition coefficient (Wildman–Crippen LogP) is 4.70. The minimum Gasteiger partial charge on any atom is -0.469 e. The summed E-state index contributed by atoms with van der Waals surface area (Å²) >= 11 is 5.94. The lowest BCUT2D eigenvalue weighted by molar-refractivity contribution is -0.145. The van der Waals surface area contributed by atoms with Crippen molar-refractivity contribution in [3.05, 3.63) is 34.9 Å². The summed E-state index contributed by atoms with van der Waals surface area (Å²) in [7, 11) is 1.39. The van der Waals surface area contributed by atoms with E-state index < -0.39 is 0 Å². The molecule has 1 aliphatic rings. The normalized spacial score (nSPS) is 17.2. The Labute approximate surface area is 155 Å². The maximum absolute atomic E-state index is 13.1. The fourth-order valence-electron chi connectivity index (χ4n) is 3.47. The standard InChI is InChI=1S/C20H28ClNO3/c1-15(20(24)25-2)14-22(18-8-6-4-3-5-7-9-18)19(23)16-10-12-17(21)13-11-16/h10-13,15,18H,3-9,14H2,1-2H3. The third-order valence-electron chi connectivity index (χ3n) is 4.94. The van der Waals surface area contributed by atoms with Crippen molar-refractivity contribution in [3.8, 4) is 0 Å². The summed E-state index contributed by atoms with van der Waals surface area (Å²) in [6, 6.07) is 7.15. The minimum absolute atomic E-state index is 0.0296. The van der Waals surface area contributed by atoms with E-state index in [4.69, 9.17) is 16.3 Å². The molecule has 1 aliphatic carbocycles. The van der Waals surface area contributed by atoms with Crippen LogP contribution in [0.2, 0.25) is 5.02 Å². The Kier molecular flexibility index (Phi) is 7.76. The molecule has 0 aliphatic heterocycles. The van der Waals surface area contributed by atoms with Crippen LogP contribution >= 0.6 is 11.6 Å². The summed E-state index contributed by atoms with van der Waals surface area (Å²) in [6.07, 6.45) is 7.94. The van der Waals surface area contributed by atoms with Crippen molar-refractivity contribution in [2.24, 2.45) is 5.92 Å². The number of ether oxygens (including phenoxy) is 1. The zero-order valence-corrected chi connectivity index (χ0v) is 15.9. The van der Waals surface area contributed by atoms with Crippen LogP contribution in [0.1, 0.15) is 62.2 Å². The van der Waals surface area contributed by atoms with Crippen molar-refractivity contribution in [3.63, 3.8) is 0 Å². The SMILES string of the molecule is COC(=O)C(C)CN(C(=O)c1ccc(Cl)cc1)C1CCCCCCC1. The van der Waals surface area contributed by atoms with Crippen LogP contribution in [-0.4, -0.2) is 36.5 Å². The highest BCUT2D eigenvalue weighted by Gasteiger charge is 2.28. The Balaban J connectivity index is 2.21. The molecule has 0 N–H and O–H groups in total. The Morgan fingerprint density at radius 3 is 2.24 bits per heavy atom. The first-order valence-corrected chi connectivity index (χ1v) is 9.55. The van der Waals surface area contributed by atoms with Crippen LogP contribution in [0.15, 0.2) is 24.3 Å². The van der Waals surface area contributed by atoms with E-state index in [2.05, 4.69) is 0 Å². The number of amides is 1. The van der Waals surface area contributed by atoms with Gasteiger partial charge in [0.1, 0.15) is 0 Å². The molecule has 0 bridgehead atoms. The van der Waals surface area contributed by atoms with E-state index in [1.807, 2.05) is 11.8 Å². The van der Waals surface area contributed by atoms with Gasteiger partial charge >= 0.3 is 5.97 Å². The van der Waals surface area contributed by atoms with E-state index in [9.17, 15) is 9.59 Å². The van der Waals surface area contributed by atoms with Crippen LogP contribution in [0, 0.1) is 5.92 Å². The van der Waals surface area contributed by atoms with Gasteiger partial charge in [0, 0.05) is 23.2 Å². The second kappa shape index (κ2) is 9.81. The Morgan fingerprint density at radius 2 is 1.68 bits per heavy atom. The van der Waals surface area contributed by atoms with Crippen LogP contribution in [0.4, 0.5) is 0 Å². The molecular formula is C20H28ClNO3. The molecule has 4 nitrogen and oxygen atoms in total. The quantitative estimate of drug-likeness (QED) is 0.710. The highest BCUT2D eigenvalue weighted by Crippen LogP contribution is 2.24. The van der Waals surface area contributed by atoms with Crippen LogP contribution in [0.5, 0.6) is 0 Å². The zero-order chi connectivity index (χ0) is 18.2. The molecule has 1 saturated carbocycles. The molecule has 0 heterocycles. The number of carbonyl (C=O) groups excluding carboxylic acids is 2. The average Bonchev–Trinajstić information content (AvgIpc) is 2.59. The Morgan fingerprint density at radius 1 is 1.12 bits per heavy atom. The van der Waals surface area contributed by atoms with Gasteiger partial charge in [-0.05, 0) is 37.1 Å². The molecule has 1 amide bonds. The largest absolute Gasteiger partial charge is 0.469 e. The highest BCUT2D eigenvalue weighted by molar-refractivity contribution is 6.30. The van der Waals surface area contributed by atoms with Gasteiger partial charge < -0.3 is 9.64 Å². The summed E-state index contributed by atoms with van der Waals surface area (Å²) < 4.78 is 4.85. The van der Waals surface area contributed by atoms with Crippen molar-refractivity contribution < 1.29 is 14.3 Å². The van der Waals surface area contributed by atoms with Gasteiger partial charge in [-0.1, -0.05) is 50.6 Å². The molecule has 0 spiro atoms. The van der Waals surface area contributed by atoms with E-state index in [-0.39, 0.29) is 23.8 Å². The average molecular weight is 366 g/mol.